The third-order valence-electron chi connectivity index (χ3n) is 9.96. The van der Waals surface area contributed by atoms with E-state index in [9.17, 15) is 0 Å². The van der Waals surface area contributed by atoms with E-state index in [1.54, 1.807) is 5.54 Å². The minimum absolute atomic E-state index is 0.0557. The van der Waals surface area contributed by atoms with Crippen LogP contribution in [0.1, 0.15) is 71.9 Å². The monoisotopic (exact) mass is 613 g/mol. The summed E-state index contributed by atoms with van der Waals surface area (Å²) in [6.07, 6.45) is 14.4. The largest absolute Gasteiger partial charge is 0.344 e. The van der Waals surface area contributed by atoms with Gasteiger partial charge in [-0.15, -0.1) is 0 Å². The molecule has 0 aromatic heterocycles. The van der Waals surface area contributed by atoms with Gasteiger partial charge in [-0.3, -0.25) is 0 Å². The number of halogens is 1. The van der Waals surface area contributed by atoms with Crippen LogP contribution in [0.2, 0.25) is 0 Å². The molecule has 2 nitrogen and oxygen atoms in total. The van der Waals surface area contributed by atoms with E-state index in [-0.39, 0.29) is 10.8 Å². The van der Waals surface area contributed by atoms with Crippen molar-refractivity contribution in [3.63, 3.8) is 0 Å². The van der Waals surface area contributed by atoms with Gasteiger partial charge in [-0.05, 0) is 97.8 Å². The normalized spacial score (nSPS) is 18.3. The summed E-state index contributed by atoms with van der Waals surface area (Å²) in [4.78, 5) is 2.48. The van der Waals surface area contributed by atoms with Gasteiger partial charge in [-0.25, -0.2) is 0 Å². The molecule has 0 saturated carbocycles. The van der Waals surface area contributed by atoms with E-state index in [1.807, 2.05) is 0 Å². The van der Waals surface area contributed by atoms with E-state index in [0.717, 1.165) is 32.4 Å². The number of benzene rings is 4. The Morgan fingerprint density at radius 2 is 1.49 bits per heavy atom. The summed E-state index contributed by atoms with van der Waals surface area (Å²) in [6.45, 7) is 15.8. The molecule has 0 bridgehead atoms. The highest BCUT2D eigenvalue weighted by Crippen LogP contribution is 2.50. The first-order valence-corrected chi connectivity index (χ1v) is 17.0. The summed E-state index contributed by atoms with van der Waals surface area (Å²) in [7, 11) is 0. The topological polar surface area (TPSA) is 6.25 Å². The highest BCUT2D eigenvalue weighted by Gasteiger charge is 2.45. The van der Waals surface area contributed by atoms with Crippen LogP contribution in [0, 0.1) is 0 Å². The standard InChI is InChI=1S/C42H46ClN2/c1-7-44-35-26-24-31-18-13-15-20-33(31)39(35)41(3,4)37(44)22-12-10-9-11-17-30(29-43)23-28-38-42(5,6)40-34-21-16-14-19-32(34)25-27-36(40)45(38)8-2/h10,12-16,18-29H,7-9,11,17H2,1-6H3/q+1/b12-10+,28-23?,30-29-,37-22?. The Bertz CT molecular complexity index is 1910. The number of likely N-dealkylation sites (N-methyl/N-ethyl adjacent to an activating group) is 1. The molecule has 0 spiro atoms. The lowest BCUT2D eigenvalue weighted by Gasteiger charge is -2.26. The SMILES string of the molecule is CCN1C(=C/C=C/CCC/C(C=CC2=[N+](CC)c3ccc4ccccc4c3C2(C)C)=C/Cl)C(C)(C)c2c1ccc1ccccc21. The van der Waals surface area contributed by atoms with Crippen molar-refractivity contribution in [1.29, 1.82) is 0 Å². The summed E-state index contributed by atoms with van der Waals surface area (Å²) in [5.74, 6) is 0. The van der Waals surface area contributed by atoms with Crippen LogP contribution < -0.4 is 4.90 Å². The predicted molar refractivity (Wildman–Crippen MR) is 197 cm³/mol. The van der Waals surface area contributed by atoms with Crippen LogP contribution in [-0.2, 0) is 10.8 Å². The zero-order valence-corrected chi connectivity index (χ0v) is 28.5. The van der Waals surface area contributed by atoms with Crippen LogP contribution in [0.5, 0.6) is 0 Å². The molecule has 3 heteroatoms. The fraction of sp³-hybridized carbons (Fsp3) is 0.310. The number of allylic oxidation sites excluding steroid dienone is 7. The quantitative estimate of drug-likeness (QED) is 0.103. The van der Waals surface area contributed by atoms with Crippen molar-refractivity contribution < 1.29 is 4.58 Å². The van der Waals surface area contributed by atoms with E-state index in [2.05, 4.69) is 154 Å². The van der Waals surface area contributed by atoms with Gasteiger partial charge in [0.2, 0.25) is 5.69 Å². The molecule has 0 radical (unpaired) electrons. The molecular weight excluding hydrogens is 568 g/mol. The second-order valence-electron chi connectivity index (χ2n) is 13.4. The Hall–Kier alpha value is -3.88. The van der Waals surface area contributed by atoms with Crippen molar-refractivity contribution in [3.05, 3.63) is 131 Å². The van der Waals surface area contributed by atoms with Crippen molar-refractivity contribution in [2.75, 3.05) is 18.0 Å². The van der Waals surface area contributed by atoms with Crippen LogP contribution in [-0.4, -0.2) is 23.4 Å². The first-order valence-electron chi connectivity index (χ1n) is 16.6. The molecular formula is C42H46ClN2+. The van der Waals surface area contributed by atoms with Crippen molar-refractivity contribution in [2.45, 2.75) is 71.6 Å². The van der Waals surface area contributed by atoms with E-state index in [4.69, 9.17) is 11.6 Å². The van der Waals surface area contributed by atoms with E-state index in [1.165, 1.54) is 61.0 Å². The number of anilines is 1. The first kappa shape index (κ1) is 31.1. The second-order valence-corrected chi connectivity index (χ2v) is 13.6. The molecule has 0 N–H and O–H groups in total. The molecule has 0 amide bonds. The zero-order chi connectivity index (χ0) is 31.8. The summed E-state index contributed by atoms with van der Waals surface area (Å²) >= 11 is 6.37. The number of nitrogens with zero attached hydrogens (tertiary/aromatic N) is 2. The molecule has 0 saturated heterocycles. The Morgan fingerprint density at radius 3 is 2.16 bits per heavy atom. The van der Waals surface area contributed by atoms with Crippen LogP contribution in [0.15, 0.2) is 120 Å². The van der Waals surface area contributed by atoms with Gasteiger partial charge >= 0.3 is 0 Å². The first-order chi connectivity index (χ1) is 21.7. The molecule has 2 aliphatic rings. The average molecular weight is 614 g/mol. The third kappa shape index (κ3) is 5.38. The predicted octanol–water partition coefficient (Wildman–Crippen LogP) is 11.5. The van der Waals surface area contributed by atoms with E-state index < -0.39 is 0 Å². The van der Waals surface area contributed by atoms with Gasteiger partial charge in [0.15, 0.2) is 5.71 Å². The molecule has 0 fully saturated rings. The maximum atomic E-state index is 6.37. The number of hydrogen-bond acceptors (Lipinski definition) is 1. The van der Waals surface area contributed by atoms with E-state index >= 15 is 0 Å². The highest BCUT2D eigenvalue weighted by molar-refractivity contribution is 6.26. The molecule has 4 aromatic rings. The summed E-state index contributed by atoms with van der Waals surface area (Å²) in [5, 5.41) is 5.31. The number of unbranched alkanes of at least 4 members (excludes halogenated alkanes) is 1. The smallest absolute Gasteiger partial charge is 0.210 e. The zero-order valence-electron chi connectivity index (χ0n) is 27.7. The van der Waals surface area contributed by atoms with Crippen molar-refractivity contribution in [2.24, 2.45) is 0 Å². The minimum Gasteiger partial charge on any atom is -0.344 e. The van der Waals surface area contributed by atoms with Gasteiger partial charge < -0.3 is 4.90 Å². The molecule has 4 aromatic carbocycles. The molecule has 45 heavy (non-hydrogen) atoms. The summed E-state index contributed by atoms with van der Waals surface area (Å²) in [6, 6.07) is 26.6. The molecule has 230 valence electrons. The second kappa shape index (κ2) is 12.5. The van der Waals surface area contributed by atoms with Gasteiger partial charge in [-0.2, -0.15) is 4.58 Å². The fourth-order valence-corrected chi connectivity index (χ4v) is 7.97. The van der Waals surface area contributed by atoms with Crippen LogP contribution >= 0.6 is 11.6 Å². The minimum atomic E-state index is -0.0945. The van der Waals surface area contributed by atoms with Crippen LogP contribution in [0.25, 0.3) is 21.5 Å². The van der Waals surface area contributed by atoms with E-state index in [0.29, 0.717) is 0 Å². The summed E-state index contributed by atoms with van der Waals surface area (Å²) in [5.41, 5.74) is 11.0. The maximum absolute atomic E-state index is 6.37. The lowest BCUT2D eigenvalue weighted by Crippen LogP contribution is -2.27. The Kier molecular flexibility index (Phi) is 8.63. The Morgan fingerprint density at radius 1 is 0.822 bits per heavy atom. The van der Waals surface area contributed by atoms with Crippen LogP contribution in [0.4, 0.5) is 11.4 Å². The van der Waals surface area contributed by atoms with Crippen molar-refractivity contribution >= 4 is 50.2 Å². The van der Waals surface area contributed by atoms with Crippen molar-refractivity contribution in [3.8, 4) is 0 Å². The molecule has 0 atom stereocenters. The Balaban J connectivity index is 1.13. The molecule has 0 unspecified atom stereocenters. The lowest BCUT2D eigenvalue weighted by molar-refractivity contribution is -0.433. The third-order valence-corrected chi connectivity index (χ3v) is 10.2. The fourth-order valence-electron chi connectivity index (χ4n) is 7.79. The van der Waals surface area contributed by atoms with Crippen molar-refractivity contribution in [1.82, 2.24) is 0 Å². The maximum Gasteiger partial charge on any atom is 0.210 e. The lowest BCUT2D eigenvalue weighted by atomic mass is 9.79. The van der Waals surface area contributed by atoms with Gasteiger partial charge in [0.25, 0.3) is 0 Å². The van der Waals surface area contributed by atoms with Crippen LogP contribution in [0.3, 0.4) is 0 Å². The van der Waals surface area contributed by atoms with Gasteiger partial charge in [0.05, 0.1) is 5.41 Å². The molecule has 0 aliphatic carbocycles. The number of hydrogen-bond donors (Lipinski definition) is 0. The average Bonchev–Trinajstić information content (AvgIpc) is 3.42. The molecule has 6 rings (SSSR count). The van der Waals surface area contributed by atoms with Gasteiger partial charge in [0, 0.05) is 46.6 Å². The molecule has 2 heterocycles. The molecule has 2 aliphatic heterocycles. The highest BCUT2D eigenvalue weighted by atomic mass is 35.5. The Labute approximate surface area is 274 Å². The van der Waals surface area contributed by atoms with Gasteiger partial charge in [-0.1, -0.05) is 98.3 Å². The summed E-state index contributed by atoms with van der Waals surface area (Å²) < 4.78 is 2.46. The number of fused-ring (bicyclic) bond motifs is 6. The van der Waals surface area contributed by atoms with Gasteiger partial charge in [0.1, 0.15) is 6.54 Å². The number of rotatable bonds is 9.